The number of hydrogen-bond acceptors (Lipinski definition) is 8. The molecule has 3 aromatic heterocycles. The molecular weight excluding hydrogens is 570 g/mol. The predicted octanol–water partition coefficient (Wildman–Crippen LogP) is 4.14. The van der Waals surface area contributed by atoms with Crippen molar-refractivity contribution in [3.8, 4) is 11.1 Å². The molecule has 230 valence electrons. The molecule has 0 saturated heterocycles. The topological polar surface area (TPSA) is 144 Å². The fraction of sp³-hybridized carbons (Fsp3) is 0.364. The Morgan fingerprint density at radius 1 is 0.978 bits per heavy atom. The summed E-state index contributed by atoms with van der Waals surface area (Å²) < 4.78 is 9.80. The van der Waals surface area contributed by atoms with Gasteiger partial charge in [-0.1, -0.05) is 55.8 Å². The molecule has 1 saturated carbocycles. The van der Waals surface area contributed by atoms with Crippen molar-refractivity contribution in [2.45, 2.75) is 77.0 Å². The molecule has 2 aliphatic rings. The van der Waals surface area contributed by atoms with Crippen LogP contribution in [0.4, 0.5) is 0 Å². The summed E-state index contributed by atoms with van der Waals surface area (Å²) in [6.45, 7) is 2.49. The third kappa shape index (κ3) is 5.80. The summed E-state index contributed by atoms with van der Waals surface area (Å²) in [6, 6.07) is 16.3. The van der Waals surface area contributed by atoms with E-state index in [-0.39, 0.29) is 30.0 Å². The van der Waals surface area contributed by atoms with Crippen molar-refractivity contribution in [1.29, 1.82) is 0 Å². The first-order valence-corrected chi connectivity index (χ1v) is 15.5. The van der Waals surface area contributed by atoms with E-state index < -0.39 is 0 Å². The van der Waals surface area contributed by atoms with Gasteiger partial charge in [0.05, 0.1) is 23.9 Å². The number of fused-ring (bicyclic) bond motifs is 1. The SMILES string of the molecule is CCCc1c(Cc2ccc(-c3ccccc3)c(C3=NNC(=O)C3)c2)c(=O)n(C2CCC(OCc3ncn[nH]3)CC2)c2ncnn12. The predicted molar refractivity (Wildman–Crippen MR) is 168 cm³/mol. The lowest BCUT2D eigenvalue weighted by Crippen LogP contribution is -2.35. The number of aromatic nitrogens is 7. The zero-order valence-corrected chi connectivity index (χ0v) is 25.1. The molecule has 0 radical (unpaired) electrons. The lowest BCUT2D eigenvalue weighted by molar-refractivity contribution is -0.119. The van der Waals surface area contributed by atoms with E-state index in [0.29, 0.717) is 36.8 Å². The normalized spacial score (nSPS) is 18.3. The first kappa shape index (κ1) is 28.8. The van der Waals surface area contributed by atoms with Crippen LogP contribution in [0.25, 0.3) is 16.9 Å². The summed E-state index contributed by atoms with van der Waals surface area (Å²) >= 11 is 0. The van der Waals surface area contributed by atoms with Gasteiger partial charge in [-0.2, -0.15) is 20.3 Å². The molecule has 2 N–H and O–H groups in total. The Bertz CT molecular complexity index is 1900. The molecule has 0 atom stereocenters. The molecule has 2 aromatic carbocycles. The van der Waals surface area contributed by atoms with E-state index in [2.05, 4.69) is 60.9 Å². The fourth-order valence-corrected chi connectivity index (χ4v) is 6.58. The molecule has 12 heteroatoms. The maximum absolute atomic E-state index is 14.5. The van der Waals surface area contributed by atoms with Crippen LogP contribution < -0.4 is 11.0 Å². The van der Waals surface area contributed by atoms with Crippen LogP contribution in [-0.2, 0) is 29.0 Å². The van der Waals surface area contributed by atoms with Gasteiger partial charge in [0.1, 0.15) is 25.1 Å². The molecule has 0 spiro atoms. The number of H-pyrrole nitrogens is 1. The van der Waals surface area contributed by atoms with Crippen molar-refractivity contribution >= 4 is 17.4 Å². The highest BCUT2D eigenvalue weighted by atomic mass is 16.5. The molecule has 7 rings (SSSR count). The summed E-state index contributed by atoms with van der Waals surface area (Å²) in [7, 11) is 0. The first-order chi connectivity index (χ1) is 22.1. The number of benzene rings is 2. The Morgan fingerprint density at radius 3 is 2.56 bits per heavy atom. The van der Waals surface area contributed by atoms with Crippen molar-refractivity contribution < 1.29 is 9.53 Å². The number of carbonyl (C=O) groups is 1. The van der Waals surface area contributed by atoms with Gasteiger partial charge in [-0.25, -0.2) is 14.9 Å². The van der Waals surface area contributed by atoms with E-state index in [1.807, 2.05) is 39.4 Å². The van der Waals surface area contributed by atoms with E-state index in [0.717, 1.165) is 65.6 Å². The Balaban J connectivity index is 1.23. The molecular formula is C33H35N9O3. The van der Waals surface area contributed by atoms with E-state index in [9.17, 15) is 9.59 Å². The van der Waals surface area contributed by atoms with Gasteiger partial charge in [-0.05, 0) is 54.9 Å². The van der Waals surface area contributed by atoms with Crippen LogP contribution in [0.3, 0.4) is 0 Å². The molecule has 12 nitrogen and oxygen atoms in total. The van der Waals surface area contributed by atoms with Crippen molar-refractivity contribution in [1.82, 2.24) is 39.8 Å². The minimum absolute atomic E-state index is 0.00953. The number of rotatable bonds is 10. The van der Waals surface area contributed by atoms with Gasteiger partial charge >= 0.3 is 0 Å². The van der Waals surface area contributed by atoms with Crippen LogP contribution in [0.1, 0.15) is 79.7 Å². The number of aryl methyl sites for hydroxylation is 1. The zero-order valence-electron chi connectivity index (χ0n) is 25.1. The maximum Gasteiger partial charge on any atom is 0.259 e. The van der Waals surface area contributed by atoms with Crippen molar-refractivity contribution in [2.24, 2.45) is 5.10 Å². The van der Waals surface area contributed by atoms with E-state index in [4.69, 9.17) is 4.74 Å². The monoisotopic (exact) mass is 605 g/mol. The lowest BCUT2D eigenvalue weighted by Gasteiger charge is -2.30. The Kier molecular flexibility index (Phi) is 8.04. The van der Waals surface area contributed by atoms with Crippen LogP contribution >= 0.6 is 0 Å². The lowest BCUT2D eigenvalue weighted by atomic mass is 9.91. The van der Waals surface area contributed by atoms with Gasteiger partial charge in [-0.15, -0.1) is 0 Å². The minimum atomic E-state index is -0.128. The van der Waals surface area contributed by atoms with Crippen LogP contribution in [0.5, 0.6) is 0 Å². The smallest absolute Gasteiger partial charge is 0.259 e. The molecule has 0 bridgehead atoms. The van der Waals surface area contributed by atoms with Gasteiger partial charge in [0.15, 0.2) is 0 Å². The Hall–Kier alpha value is -4.97. The van der Waals surface area contributed by atoms with Crippen molar-refractivity contribution in [2.75, 3.05) is 0 Å². The number of hydrazone groups is 1. The van der Waals surface area contributed by atoms with Gasteiger partial charge < -0.3 is 4.74 Å². The highest BCUT2D eigenvalue weighted by Gasteiger charge is 2.29. The number of aromatic amines is 1. The maximum atomic E-state index is 14.5. The molecule has 5 aromatic rings. The molecule has 45 heavy (non-hydrogen) atoms. The summed E-state index contributed by atoms with van der Waals surface area (Å²) in [5.74, 6) is 1.16. The average Bonchev–Trinajstić information content (AvgIpc) is 3.86. The van der Waals surface area contributed by atoms with Gasteiger partial charge in [0, 0.05) is 23.6 Å². The zero-order chi connectivity index (χ0) is 30.8. The number of hydrogen-bond donors (Lipinski definition) is 2. The Labute approximate surface area is 259 Å². The quantitative estimate of drug-likeness (QED) is 0.243. The minimum Gasteiger partial charge on any atom is -0.370 e. The van der Waals surface area contributed by atoms with Crippen molar-refractivity contribution in [3.63, 3.8) is 0 Å². The van der Waals surface area contributed by atoms with Crippen LogP contribution in [0.2, 0.25) is 0 Å². The summed E-state index contributed by atoms with van der Waals surface area (Å²) in [4.78, 5) is 35.3. The highest BCUT2D eigenvalue weighted by molar-refractivity contribution is 6.16. The highest BCUT2D eigenvalue weighted by Crippen LogP contribution is 2.32. The number of nitrogens with one attached hydrogen (secondary N) is 2. The van der Waals surface area contributed by atoms with Gasteiger partial charge in [0.2, 0.25) is 11.7 Å². The number of ether oxygens (including phenoxy) is 1. The van der Waals surface area contributed by atoms with Crippen molar-refractivity contribution in [3.05, 3.63) is 99.7 Å². The molecule has 0 unspecified atom stereocenters. The summed E-state index contributed by atoms with van der Waals surface area (Å²) in [6.07, 6.45) is 8.57. The summed E-state index contributed by atoms with van der Waals surface area (Å²) in [5, 5.41) is 15.7. The molecule has 1 aliphatic heterocycles. The number of carbonyl (C=O) groups excluding carboxylic acids is 1. The van der Waals surface area contributed by atoms with Gasteiger partial charge in [0.25, 0.3) is 5.56 Å². The second kappa shape index (κ2) is 12.6. The first-order valence-electron chi connectivity index (χ1n) is 15.5. The largest absolute Gasteiger partial charge is 0.370 e. The van der Waals surface area contributed by atoms with Gasteiger partial charge in [-0.3, -0.25) is 19.3 Å². The van der Waals surface area contributed by atoms with E-state index in [1.54, 1.807) is 0 Å². The summed E-state index contributed by atoms with van der Waals surface area (Å²) in [5.41, 5.74) is 8.77. The second-order valence-corrected chi connectivity index (χ2v) is 11.7. The average molecular weight is 606 g/mol. The fourth-order valence-electron chi connectivity index (χ4n) is 6.58. The molecule has 4 heterocycles. The van der Waals surface area contributed by atoms with Crippen LogP contribution in [0.15, 0.2) is 71.1 Å². The van der Waals surface area contributed by atoms with E-state index >= 15 is 0 Å². The van der Waals surface area contributed by atoms with Crippen LogP contribution in [-0.4, -0.2) is 52.1 Å². The molecule has 1 fully saturated rings. The number of amides is 1. The third-order valence-corrected chi connectivity index (χ3v) is 8.75. The third-order valence-electron chi connectivity index (χ3n) is 8.75. The van der Waals surface area contributed by atoms with E-state index in [1.165, 1.54) is 12.7 Å². The molecule has 1 amide bonds. The standard InChI is InChI=1S/C33H35N9O3/c1-2-6-29-27(16-21-9-14-25(22-7-4-3-5-8-22)26(15-21)28-17-31(43)40-38-28)32(44)41(33-35-20-37-42(29)33)23-10-12-24(13-11-23)45-18-30-34-19-36-39-30/h3-5,7-9,14-15,19-20,23-24H,2,6,10-13,16-18H2,1H3,(H,40,43)(H,34,36,39). The second-order valence-electron chi connectivity index (χ2n) is 11.7. The molecule has 1 aliphatic carbocycles. The number of nitrogens with zero attached hydrogens (tertiary/aromatic N) is 7. The Morgan fingerprint density at radius 2 is 1.82 bits per heavy atom. The van der Waals surface area contributed by atoms with Crippen LogP contribution in [0, 0.1) is 0 Å².